The minimum Gasteiger partial charge on any atom is -0.452 e. The van der Waals surface area contributed by atoms with Crippen molar-refractivity contribution in [3.63, 3.8) is 0 Å². The van der Waals surface area contributed by atoms with Gasteiger partial charge in [-0.05, 0) is 40.2 Å². The molecule has 0 saturated heterocycles. The number of rotatable bonds is 5. The zero-order valence-corrected chi connectivity index (χ0v) is 14.3. The van der Waals surface area contributed by atoms with Crippen molar-refractivity contribution < 1.29 is 23.1 Å². The number of esters is 1. The van der Waals surface area contributed by atoms with E-state index in [0.29, 0.717) is 10.0 Å². The van der Waals surface area contributed by atoms with Gasteiger partial charge < -0.3 is 9.64 Å². The van der Waals surface area contributed by atoms with E-state index in [0.717, 1.165) is 6.07 Å². The SMILES string of the molecule is CN(Cc1ccccc1F)C(=O)COC(=O)c1cc(F)ccc1Br. The van der Waals surface area contributed by atoms with Crippen LogP contribution in [0.15, 0.2) is 46.9 Å². The number of likely N-dealkylation sites (N-methyl/N-ethyl adjacent to an activating group) is 1. The first kappa shape index (κ1) is 18.1. The molecule has 7 heteroatoms. The molecule has 0 radical (unpaired) electrons. The Labute approximate surface area is 146 Å². The van der Waals surface area contributed by atoms with Crippen LogP contribution < -0.4 is 0 Å². The molecule has 0 aliphatic heterocycles. The van der Waals surface area contributed by atoms with Gasteiger partial charge in [-0.15, -0.1) is 0 Å². The average molecular weight is 398 g/mol. The van der Waals surface area contributed by atoms with Crippen LogP contribution in [0.3, 0.4) is 0 Å². The molecule has 0 heterocycles. The molecular formula is C17H14BrF2NO3. The van der Waals surface area contributed by atoms with E-state index >= 15 is 0 Å². The minimum atomic E-state index is -0.825. The smallest absolute Gasteiger partial charge is 0.339 e. The second-order valence-corrected chi connectivity index (χ2v) is 5.90. The second-order valence-electron chi connectivity index (χ2n) is 5.04. The summed E-state index contributed by atoms with van der Waals surface area (Å²) in [5.74, 6) is -2.33. The van der Waals surface area contributed by atoms with E-state index in [1.54, 1.807) is 18.2 Å². The Kier molecular flexibility index (Phi) is 6.03. The quantitative estimate of drug-likeness (QED) is 0.724. The highest BCUT2D eigenvalue weighted by atomic mass is 79.9. The fraction of sp³-hybridized carbons (Fsp3) is 0.176. The zero-order valence-electron chi connectivity index (χ0n) is 12.8. The molecule has 0 atom stereocenters. The van der Waals surface area contributed by atoms with Crippen LogP contribution in [0.1, 0.15) is 15.9 Å². The zero-order chi connectivity index (χ0) is 17.7. The first-order chi connectivity index (χ1) is 11.4. The third kappa shape index (κ3) is 4.61. The summed E-state index contributed by atoms with van der Waals surface area (Å²) in [6, 6.07) is 9.66. The standard InChI is InChI=1S/C17H14BrF2NO3/c1-21(9-11-4-2-3-5-15(11)20)16(22)10-24-17(23)13-8-12(19)6-7-14(13)18/h2-8H,9-10H2,1H3. The molecule has 0 bridgehead atoms. The van der Waals surface area contributed by atoms with Gasteiger partial charge in [0.25, 0.3) is 5.91 Å². The largest absolute Gasteiger partial charge is 0.452 e. The summed E-state index contributed by atoms with van der Waals surface area (Å²) in [5, 5.41) is 0. The van der Waals surface area contributed by atoms with E-state index in [1.807, 2.05) is 0 Å². The van der Waals surface area contributed by atoms with Gasteiger partial charge in [-0.3, -0.25) is 4.79 Å². The number of carbonyl (C=O) groups is 2. The highest BCUT2D eigenvalue weighted by Crippen LogP contribution is 2.18. The fourth-order valence-corrected chi connectivity index (χ4v) is 2.35. The maximum absolute atomic E-state index is 13.6. The van der Waals surface area contributed by atoms with Crippen LogP contribution in [0.2, 0.25) is 0 Å². The van der Waals surface area contributed by atoms with Crippen LogP contribution in [0, 0.1) is 11.6 Å². The number of hydrogen-bond acceptors (Lipinski definition) is 3. The van der Waals surface area contributed by atoms with Crippen molar-refractivity contribution in [1.82, 2.24) is 4.90 Å². The Balaban J connectivity index is 1.93. The van der Waals surface area contributed by atoms with E-state index in [1.165, 1.54) is 30.1 Å². The highest BCUT2D eigenvalue weighted by molar-refractivity contribution is 9.10. The summed E-state index contributed by atoms with van der Waals surface area (Å²) in [6.07, 6.45) is 0. The van der Waals surface area contributed by atoms with Crippen molar-refractivity contribution in [3.8, 4) is 0 Å². The first-order valence-corrected chi connectivity index (χ1v) is 7.77. The Hall–Kier alpha value is -2.28. The molecule has 2 aromatic rings. The van der Waals surface area contributed by atoms with E-state index in [-0.39, 0.29) is 12.1 Å². The Morgan fingerprint density at radius 2 is 1.88 bits per heavy atom. The molecule has 2 aromatic carbocycles. The van der Waals surface area contributed by atoms with Gasteiger partial charge in [0.05, 0.1) is 5.56 Å². The number of ether oxygens (including phenoxy) is 1. The summed E-state index contributed by atoms with van der Waals surface area (Å²) in [4.78, 5) is 25.1. The lowest BCUT2D eigenvalue weighted by molar-refractivity contribution is -0.133. The monoisotopic (exact) mass is 397 g/mol. The van der Waals surface area contributed by atoms with E-state index in [4.69, 9.17) is 4.74 Å². The summed E-state index contributed by atoms with van der Waals surface area (Å²) in [7, 11) is 1.47. The summed E-state index contributed by atoms with van der Waals surface area (Å²) < 4.78 is 32.0. The summed E-state index contributed by atoms with van der Waals surface area (Å²) in [6.45, 7) is -0.473. The van der Waals surface area contributed by atoms with E-state index in [2.05, 4.69) is 15.9 Å². The van der Waals surface area contributed by atoms with Crippen molar-refractivity contribution in [2.75, 3.05) is 13.7 Å². The van der Waals surface area contributed by atoms with Gasteiger partial charge in [-0.25, -0.2) is 13.6 Å². The second kappa shape index (κ2) is 8.01. The Morgan fingerprint density at radius 1 is 1.17 bits per heavy atom. The third-order valence-electron chi connectivity index (χ3n) is 3.27. The summed E-state index contributed by atoms with van der Waals surface area (Å²) >= 11 is 3.11. The van der Waals surface area contributed by atoms with Crippen LogP contribution >= 0.6 is 15.9 Å². The van der Waals surface area contributed by atoms with Gasteiger partial charge in [0, 0.05) is 23.6 Å². The lowest BCUT2D eigenvalue weighted by Gasteiger charge is -2.17. The van der Waals surface area contributed by atoms with Gasteiger partial charge in [-0.1, -0.05) is 18.2 Å². The molecule has 0 fully saturated rings. The van der Waals surface area contributed by atoms with Gasteiger partial charge in [0.1, 0.15) is 11.6 Å². The molecule has 1 amide bonds. The molecule has 0 unspecified atom stereocenters. The molecule has 24 heavy (non-hydrogen) atoms. The predicted molar refractivity (Wildman–Crippen MR) is 87.3 cm³/mol. The van der Waals surface area contributed by atoms with Crippen molar-refractivity contribution in [1.29, 1.82) is 0 Å². The number of halogens is 3. The highest BCUT2D eigenvalue weighted by Gasteiger charge is 2.17. The van der Waals surface area contributed by atoms with Gasteiger partial charge in [-0.2, -0.15) is 0 Å². The van der Waals surface area contributed by atoms with Crippen LogP contribution in [-0.2, 0) is 16.1 Å². The average Bonchev–Trinajstić information content (AvgIpc) is 2.56. The first-order valence-electron chi connectivity index (χ1n) is 6.98. The fourth-order valence-electron chi connectivity index (χ4n) is 1.94. The molecule has 4 nitrogen and oxygen atoms in total. The van der Waals surface area contributed by atoms with Crippen molar-refractivity contribution in [3.05, 3.63) is 69.7 Å². The van der Waals surface area contributed by atoms with Crippen molar-refractivity contribution in [2.45, 2.75) is 6.54 Å². The van der Waals surface area contributed by atoms with Crippen LogP contribution in [0.5, 0.6) is 0 Å². The van der Waals surface area contributed by atoms with Crippen LogP contribution in [0.25, 0.3) is 0 Å². The molecule has 0 aliphatic carbocycles. The molecule has 2 rings (SSSR count). The molecule has 126 valence electrons. The van der Waals surface area contributed by atoms with Gasteiger partial charge in [0.2, 0.25) is 0 Å². The van der Waals surface area contributed by atoms with Crippen molar-refractivity contribution in [2.24, 2.45) is 0 Å². The lowest BCUT2D eigenvalue weighted by atomic mass is 10.2. The molecule has 0 saturated carbocycles. The topological polar surface area (TPSA) is 46.6 Å². The number of nitrogens with zero attached hydrogens (tertiary/aromatic N) is 1. The third-order valence-corrected chi connectivity index (χ3v) is 3.96. The lowest BCUT2D eigenvalue weighted by Crippen LogP contribution is -2.31. The summed E-state index contributed by atoms with van der Waals surface area (Å²) in [5.41, 5.74) is 0.340. The van der Waals surface area contributed by atoms with E-state index < -0.39 is 30.1 Å². The molecule has 0 spiro atoms. The minimum absolute atomic E-state index is 0.0143. The van der Waals surface area contributed by atoms with Crippen molar-refractivity contribution >= 4 is 27.8 Å². The molecule has 0 aliphatic rings. The van der Waals surface area contributed by atoms with Crippen LogP contribution in [-0.4, -0.2) is 30.4 Å². The molecular weight excluding hydrogens is 384 g/mol. The maximum Gasteiger partial charge on any atom is 0.339 e. The number of amides is 1. The van der Waals surface area contributed by atoms with E-state index in [9.17, 15) is 18.4 Å². The molecule has 0 aromatic heterocycles. The normalized spacial score (nSPS) is 10.3. The van der Waals surface area contributed by atoms with Gasteiger partial charge in [0.15, 0.2) is 6.61 Å². The Bertz CT molecular complexity index is 767. The predicted octanol–water partition coefficient (Wildman–Crippen LogP) is 3.54. The Morgan fingerprint density at radius 3 is 2.58 bits per heavy atom. The number of benzene rings is 2. The maximum atomic E-state index is 13.6. The van der Waals surface area contributed by atoms with Crippen LogP contribution in [0.4, 0.5) is 8.78 Å². The number of carbonyl (C=O) groups excluding carboxylic acids is 2. The van der Waals surface area contributed by atoms with Gasteiger partial charge >= 0.3 is 5.97 Å². The number of hydrogen-bond donors (Lipinski definition) is 0. The molecule has 0 N–H and O–H groups in total.